The molecule has 6 unspecified atom stereocenters. The highest BCUT2D eigenvalue weighted by Gasteiger charge is 2.48. The number of aliphatic carboxylic acids is 1. The second kappa shape index (κ2) is 14.5. The van der Waals surface area contributed by atoms with E-state index in [1.54, 1.807) is 0 Å². The molecule has 6 atom stereocenters. The van der Waals surface area contributed by atoms with Crippen LogP contribution in [-0.2, 0) is 22.0 Å². The van der Waals surface area contributed by atoms with E-state index >= 15 is 0 Å². The number of unbranched alkanes of at least 4 members (excludes halogenated alkanes) is 3. The quantitative estimate of drug-likeness (QED) is 0.157. The summed E-state index contributed by atoms with van der Waals surface area (Å²) in [6.07, 6.45) is 20.8. The fourth-order valence-corrected chi connectivity index (χ4v) is 9.91. The van der Waals surface area contributed by atoms with E-state index in [-0.39, 0.29) is 12.0 Å². The first kappa shape index (κ1) is 33.0. The van der Waals surface area contributed by atoms with Crippen molar-refractivity contribution in [1.82, 2.24) is 0 Å². The minimum atomic E-state index is -0.750. The van der Waals surface area contributed by atoms with Crippen LogP contribution in [0.25, 0.3) is 0 Å². The molecule has 1 spiro atoms. The first-order chi connectivity index (χ1) is 22.3. The monoisotopic (exact) mass is 626 g/mol. The van der Waals surface area contributed by atoms with E-state index in [0.29, 0.717) is 30.4 Å². The summed E-state index contributed by atoms with van der Waals surface area (Å²) in [5.74, 6) is 0.0490. The summed E-state index contributed by atoms with van der Waals surface area (Å²) in [5, 5.41) is 41.2. The second-order valence-corrected chi connectivity index (χ2v) is 15.1. The van der Waals surface area contributed by atoms with Crippen molar-refractivity contribution >= 4 is 5.97 Å². The first-order valence-corrected chi connectivity index (χ1v) is 18.1. The maximum atomic E-state index is 13.0. The van der Waals surface area contributed by atoms with E-state index in [4.69, 9.17) is 0 Å². The van der Waals surface area contributed by atoms with Gasteiger partial charge in [0.05, 0.1) is 18.6 Å². The number of carboxylic acids is 1. The predicted octanol–water partition coefficient (Wildman–Crippen LogP) is 8.55. The molecular formula is C41H54O5. The van der Waals surface area contributed by atoms with Gasteiger partial charge < -0.3 is 20.4 Å². The molecule has 0 radical (unpaired) electrons. The number of benzene rings is 2. The molecule has 46 heavy (non-hydrogen) atoms. The number of fused-ring (bicyclic) bond motifs is 4. The third-order valence-corrected chi connectivity index (χ3v) is 12.4. The first-order valence-electron chi connectivity index (χ1n) is 18.1. The SMILES string of the molecule is O=C(O)C1CC=C2CCC(c3ccc(O)cc3)(Cc3cccc(c3)C13CCCC(O)C3)C(CCCCCCC1C=C(CO)CC1)C2. The van der Waals surface area contributed by atoms with Crippen LogP contribution in [-0.4, -0.2) is 39.1 Å². The molecule has 2 aromatic carbocycles. The fourth-order valence-electron chi connectivity index (χ4n) is 9.91. The Morgan fingerprint density at radius 3 is 2.43 bits per heavy atom. The van der Waals surface area contributed by atoms with E-state index < -0.39 is 23.4 Å². The number of hydrogen-bond donors (Lipinski definition) is 4. The lowest BCUT2D eigenvalue weighted by Gasteiger charge is -2.48. The minimum Gasteiger partial charge on any atom is -0.508 e. The number of phenols is 1. The number of aliphatic hydroxyl groups excluding tert-OH is 2. The van der Waals surface area contributed by atoms with Crippen LogP contribution in [0.2, 0.25) is 0 Å². The molecule has 2 saturated carbocycles. The van der Waals surface area contributed by atoms with Gasteiger partial charge in [-0.3, -0.25) is 4.79 Å². The molecule has 5 aliphatic rings. The van der Waals surface area contributed by atoms with Gasteiger partial charge in [-0.15, -0.1) is 0 Å². The molecule has 4 N–H and O–H groups in total. The molecule has 0 saturated heterocycles. The van der Waals surface area contributed by atoms with Crippen LogP contribution >= 0.6 is 0 Å². The van der Waals surface area contributed by atoms with Crippen molar-refractivity contribution in [2.75, 3.05) is 6.61 Å². The Bertz CT molecular complexity index is 1410. The lowest BCUT2D eigenvalue weighted by atomic mass is 9.56. The third kappa shape index (κ3) is 7.01. The van der Waals surface area contributed by atoms with Crippen molar-refractivity contribution < 1.29 is 25.2 Å². The number of rotatable bonds is 10. The van der Waals surface area contributed by atoms with Gasteiger partial charge in [0.25, 0.3) is 0 Å². The molecule has 2 aromatic rings. The molecule has 0 heterocycles. The average molecular weight is 627 g/mol. The molecule has 0 amide bonds. The fraction of sp³-hybridized carbons (Fsp3) is 0.585. The van der Waals surface area contributed by atoms with Gasteiger partial charge in [0.15, 0.2) is 0 Å². The van der Waals surface area contributed by atoms with Crippen molar-refractivity contribution in [3.05, 3.63) is 88.5 Å². The number of carbonyl (C=O) groups is 1. The largest absolute Gasteiger partial charge is 0.508 e. The molecule has 248 valence electrons. The van der Waals surface area contributed by atoms with E-state index in [1.165, 1.54) is 60.8 Å². The molecule has 2 fully saturated rings. The zero-order valence-electron chi connectivity index (χ0n) is 27.5. The summed E-state index contributed by atoms with van der Waals surface area (Å²) >= 11 is 0. The number of aliphatic hydroxyl groups is 2. The number of carboxylic acid groups (broad SMARTS) is 1. The van der Waals surface area contributed by atoms with Gasteiger partial charge in [-0.2, -0.15) is 0 Å². The highest BCUT2D eigenvalue weighted by Crippen LogP contribution is 2.53. The Balaban J connectivity index is 1.29. The van der Waals surface area contributed by atoms with Crippen LogP contribution in [0.3, 0.4) is 0 Å². The average Bonchev–Trinajstić information content (AvgIpc) is 3.52. The number of allylic oxidation sites excluding steroid dienone is 3. The smallest absolute Gasteiger partial charge is 0.307 e. The summed E-state index contributed by atoms with van der Waals surface area (Å²) in [6, 6.07) is 16.7. The van der Waals surface area contributed by atoms with Crippen molar-refractivity contribution in [1.29, 1.82) is 0 Å². The highest BCUT2D eigenvalue weighted by molar-refractivity contribution is 5.73. The number of phenolic OH excluding ortho intramolecular Hbond substituents is 1. The second-order valence-electron chi connectivity index (χ2n) is 15.1. The maximum Gasteiger partial charge on any atom is 0.307 e. The number of aromatic hydroxyl groups is 1. The van der Waals surface area contributed by atoms with E-state index in [0.717, 1.165) is 63.4 Å². The van der Waals surface area contributed by atoms with Crippen LogP contribution in [0.4, 0.5) is 0 Å². The summed E-state index contributed by atoms with van der Waals surface area (Å²) in [6.45, 7) is 0.211. The molecule has 4 bridgehead atoms. The zero-order chi connectivity index (χ0) is 32.1. The van der Waals surface area contributed by atoms with Gasteiger partial charge in [0, 0.05) is 10.8 Å². The number of hydrogen-bond acceptors (Lipinski definition) is 4. The van der Waals surface area contributed by atoms with Gasteiger partial charge >= 0.3 is 5.97 Å². The van der Waals surface area contributed by atoms with Crippen LogP contribution < -0.4 is 0 Å². The molecule has 0 aliphatic heterocycles. The maximum absolute atomic E-state index is 13.0. The van der Waals surface area contributed by atoms with Crippen molar-refractivity contribution in [2.24, 2.45) is 17.8 Å². The Kier molecular flexibility index (Phi) is 10.4. The Morgan fingerprint density at radius 1 is 0.891 bits per heavy atom. The van der Waals surface area contributed by atoms with Crippen molar-refractivity contribution in [2.45, 2.75) is 126 Å². The van der Waals surface area contributed by atoms with Gasteiger partial charge in [-0.1, -0.05) is 79.8 Å². The Hall–Kier alpha value is -2.89. The molecule has 5 aliphatic carbocycles. The van der Waals surface area contributed by atoms with Crippen LogP contribution in [0.15, 0.2) is 71.8 Å². The van der Waals surface area contributed by atoms with E-state index in [1.807, 2.05) is 12.1 Å². The summed E-state index contributed by atoms with van der Waals surface area (Å²) < 4.78 is 0. The Labute approximate surface area is 275 Å². The highest BCUT2D eigenvalue weighted by atomic mass is 16.4. The molecule has 5 heteroatoms. The van der Waals surface area contributed by atoms with Crippen LogP contribution in [0, 0.1) is 17.8 Å². The lowest BCUT2D eigenvalue weighted by Crippen LogP contribution is -2.45. The van der Waals surface area contributed by atoms with Crippen LogP contribution in [0.1, 0.15) is 119 Å². The molecule has 7 rings (SSSR count). The van der Waals surface area contributed by atoms with Gasteiger partial charge in [0.1, 0.15) is 5.75 Å². The van der Waals surface area contributed by atoms with Crippen LogP contribution in [0.5, 0.6) is 5.75 Å². The van der Waals surface area contributed by atoms with E-state index in [9.17, 15) is 25.2 Å². The molecular weight excluding hydrogens is 572 g/mol. The van der Waals surface area contributed by atoms with Gasteiger partial charge in [-0.05, 0) is 130 Å². The predicted molar refractivity (Wildman–Crippen MR) is 183 cm³/mol. The third-order valence-electron chi connectivity index (χ3n) is 12.4. The zero-order valence-corrected chi connectivity index (χ0v) is 27.5. The van der Waals surface area contributed by atoms with Crippen molar-refractivity contribution in [3.63, 3.8) is 0 Å². The van der Waals surface area contributed by atoms with E-state index in [2.05, 4.69) is 48.6 Å². The van der Waals surface area contributed by atoms with Gasteiger partial charge in [-0.25, -0.2) is 0 Å². The molecule has 0 aromatic heterocycles. The summed E-state index contributed by atoms with van der Waals surface area (Å²) in [5.41, 5.74) is 5.59. The summed E-state index contributed by atoms with van der Waals surface area (Å²) in [4.78, 5) is 13.0. The standard InChI is InChI=1S/C41H54O5/c42-28-32-13-12-29(23-32)7-3-1-2-4-9-34-24-30-14-19-38(39(45)46)41(21-6-11-37(44)27-41)35-10-5-8-31(25-35)26-40(34,22-20-30)33-15-17-36(43)18-16-33/h5,8,10,14-18,23,25,29,34,37-38,42-44H,1-4,6-7,9,11-13,19-22,24,26-28H2,(H,45,46). The van der Waals surface area contributed by atoms with Crippen molar-refractivity contribution in [3.8, 4) is 5.75 Å². The minimum absolute atomic E-state index is 0.0658. The normalized spacial score (nSPS) is 31.2. The topological polar surface area (TPSA) is 98.0 Å². The Morgan fingerprint density at radius 2 is 1.70 bits per heavy atom. The lowest BCUT2D eigenvalue weighted by molar-refractivity contribution is -0.145. The molecule has 5 nitrogen and oxygen atoms in total. The summed E-state index contributed by atoms with van der Waals surface area (Å²) in [7, 11) is 0. The van der Waals surface area contributed by atoms with Gasteiger partial charge in [0.2, 0.25) is 0 Å².